The SMILES string of the molecule is CC(=O)OC1=CC[C@@]2(C)C(CC[C@]3(C)C2C(=O)C[C@@H]2[C@H]4CC(C)(C(=O)O)CC[C@]4(C)CC[C@]23C)C1(C)C. The quantitative estimate of drug-likeness (QED) is 0.396. The Morgan fingerprint density at radius 2 is 1.57 bits per heavy atom. The molecule has 37 heavy (non-hydrogen) atoms. The van der Waals surface area contributed by atoms with E-state index in [-0.39, 0.29) is 56.7 Å². The van der Waals surface area contributed by atoms with E-state index in [1.165, 1.54) is 6.92 Å². The highest BCUT2D eigenvalue weighted by atomic mass is 16.5. The number of carboxylic acid groups (broad SMARTS) is 1. The van der Waals surface area contributed by atoms with Gasteiger partial charge in [0, 0.05) is 24.7 Å². The first kappa shape index (κ1) is 26.9. The normalized spacial score (nSPS) is 50.5. The van der Waals surface area contributed by atoms with E-state index in [4.69, 9.17) is 4.74 Å². The van der Waals surface area contributed by atoms with Gasteiger partial charge in [0.05, 0.1) is 5.41 Å². The molecule has 0 radical (unpaired) electrons. The van der Waals surface area contributed by atoms with Crippen LogP contribution in [0, 0.1) is 56.2 Å². The zero-order valence-corrected chi connectivity index (χ0v) is 24.3. The standard InChI is InChI=1S/C32H48O5/c1-19(33)37-24-10-11-30(6)23(27(24,2)3)9-12-32(8)25(30)22(34)17-20-21-18-29(5,26(35)36)14-13-28(21,4)15-16-31(20,32)7/h10,20-21,23,25H,9,11-18H2,1-8H3,(H,35,36)/t20-,21-,23?,25?,28-,29?,30+,31-,32-/m1/s1. The summed E-state index contributed by atoms with van der Waals surface area (Å²) in [5, 5.41) is 10.1. The van der Waals surface area contributed by atoms with Gasteiger partial charge in [-0.15, -0.1) is 0 Å². The van der Waals surface area contributed by atoms with Crippen molar-refractivity contribution in [2.75, 3.05) is 0 Å². The Morgan fingerprint density at radius 1 is 0.919 bits per heavy atom. The molecule has 5 aliphatic carbocycles. The maximum Gasteiger partial charge on any atom is 0.309 e. The minimum Gasteiger partial charge on any atom is -0.481 e. The van der Waals surface area contributed by atoms with E-state index >= 15 is 0 Å². The number of fused-ring (bicyclic) bond motifs is 7. The molecule has 206 valence electrons. The first-order chi connectivity index (χ1) is 16.9. The van der Waals surface area contributed by atoms with Crippen LogP contribution >= 0.6 is 0 Å². The van der Waals surface area contributed by atoms with E-state index in [0.717, 1.165) is 50.7 Å². The zero-order chi connectivity index (χ0) is 27.4. The third-order valence-electron chi connectivity index (χ3n) is 13.4. The average molecular weight is 513 g/mol. The second-order valence-corrected chi connectivity index (χ2v) is 15.6. The van der Waals surface area contributed by atoms with Gasteiger partial charge in [0.2, 0.25) is 0 Å². The maximum absolute atomic E-state index is 14.4. The van der Waals surface area contributed by atoms with Gasteiger partial charge in [0.1, 0.15) is 11.5 Å². The summed E-state index contributed by atoms with van der Waals surface area (Å²) >= 11 is 0. The van der Waals surface area contributed by atoms with Crippen molar-refractivity contribution in [2.45, 2.75) is 113 Å². The molecule has 0 aromatic heterocycles. The summed E-state index contributed by atoms with van der Waals surface area (Å²) in [6.07, 6.45) is 10.1. The molecule has 3 unspecified atom stereocenters. The lowest BCUT2D eigenvalue weighted by Gasteiger charge is -2.72. The minimum absolute atomic E-state index is 0.00447. The molecule has 0 bridgehead atoms. The zero-order valence-electron chi connectivity index (χ0n) is 24.3. The molecule has 4 saturated carbocycles. The van der Waals surface area contributed by atoms with Crippen LogP contribution < -0.4 is 0 Å². The van der Waals surface area contributed by atoms with E-state index < -0.39 is 11.4 Å². The molecule has 0 aromatic carbocycles. The van der Waals surface area contributed by atoms with Crippen LogP contribution in [0.15, 0.2) is 11.8 Å². The average Bonchev–Trinajstić information content (AvgIpc) is 2.78. The number of rotatable bonds is 2. The topological polar surface area (TPSA) is 80.7 Å². The number of Topliss-reactive ketones (excluding diaryl/α,β-unsaturated/α-hetero) is 1. The highest BCUT2D eigenvalue weighted by Crippen LogP contribution is 2.76. The lowest BCUT2D eigenvalue weighted by atomic mass is 9.31. The number of ether oxygens (including phenoxy) is 1. The second kappa shape index (κ2) is 7.94. The summed E-state index contributed by atoms with van der Waals surface area (Å²) in [4.78, 5) is 38.6. The molecule has 0 aliphatic heterocycles. The van der Waals surface area contributed by atoms with Crippen molar-refractivity contribution in [3.05, 3.63) is 11.8 Å². The molecule has 4 fully saturated rings. The molecule has 5 nitrogen and oxygen atoms in total. The third kappa shape index (κ3) is 3.43. The molecule has 0 saturated heterocycles. The number of carbonyl (C=O) groups is 3. The number of carboxylic acids is 1. The number of allylic oxidation sites excluding steroid dienone is 2. The van der Waals surface area contributed by atoms with Crippen LogP contribution in [-0.2, 0) is 19.1 Å². The minimum atomic E-state index is -0.696. The maximum atomic E-state index is 14.4. The van der Waals surface area contributed by atoms with Crippen molar-refractivity contribution in [2.24, 2.45) is 56.2 Å². The molecule has 0 heterocycles. The smallest absolute Gasteiger partial charge is 0.309 e. The number of esters is 1. The van der Waals surface area contributed by atoms with Crippen molar-refractivity contribution >= 4 is 17.7 Å². The Bertz CT molecular complexity index is 1070. The number of ketones is 1. The van der Waals surface area contributed by atoms with Gasteiger partial charge in [-0.1, -0.05) is 41.5 Å². The Balaban J connectivity index is 1.56. The first-order valence-corrected chi connectivity index (χ1v) is 14.6. The van der Waals surface area contributed by atoms with Gasteiger partial charge in [0.15, 0.2) is 0 Å². The van der Waals surface area contributed by atoms with E-state index in [1.807, 2.05) is 6.92 Å². The van der Waals surface area contributed by atoms with E-state index in [9.17, 15) is 19.5 Å². The van der Waals surface area contributed by atoms with E-state index in [1.54, 1.807) is 0 Å². The van der Waals surface area contributed by atoms with Crippen LogP contribution in [0.5, 0.6) is 0 Å². The van der Waals surface area contributed by atoms with Crippen molar-refractivity contribution in [3.8, 4) is 0 Å². The summed E-state index contributed by atoms with van der Waals surface area (Å²) in [6, 6.07) is 0. The summed E-state index contributed by atoms with van der Waals surface area (Å²) in [6.45, 7) is 17.3. The molecular formula is C32H48O5. The number of aliphatic carboxylic acids is 1. The summed E-state index contributed by atoms with van der Waals surface area (Å²) in [7, 11) is 0. The number of carbonyl (C=O) groups excluding carboxylic acids is 2. The van der Waals surface area contributed by atoms with Crippen LogP contribution in [0.25, 0.3) is 0 Å². The molecular weight excluding hydrogens is 464 g/mol. The van der Waals surface area contributed by atoms with Crippen LogP contribution in [0.3, 0.4) is 0 Å². The first-order valence-electron chi connectivity index (χ1n) is 14.6. The van der Waals surface area contributed by atoms with Gasteiger partial charge >= 0.3 is 11.9 Å². The molecule has 5 aliphatic rings. The fourth-order valence-corrected chi connectivity index (χ4v) is 11.0. The molecule has 5 rings (SSSR count). The molecule has 0 aromatic rings. The molecule has 5 heteroatoms. The number of hydrogen-bond donors (Lipinski definition) is 1. The molecule has 0 spiro atoms. The summed E-state index contributed by atoms with van der Waals surface area (Å²) < 4.78 is 5.69. The van der Waals surface area contributed by atoms with Crippen LogP contribution in [0.2, 0.25) is 0 Å². The monoisotopic (exact) mass is 512 g/mol. The largest absolute Gasteiger partial charge is 0.481 e. The molecule has 0 amide bonds. The third-order valence-corrected chi connectivity index (χ3v) is 13.4. The Kier molecular flexibility index (Phi) is 5.78. The predicted octanol–water partition coefficient (Wildman–Crippen LogP) is 7.19. The highest BCUT2D eigenvalue weighted by Gasteiger charge is 2.71. The van der Waals surface area contributed by atoms with Gasteiger partial charge in [-0.2, -0.15) is 0 Å². The van der Waals surface area contributed by atoms with Crippen molar-refractivity contribution in [3.63, 3.8) is 0 Å². The fourth-order valence-electron chi connectivity index (χ4n) is 11.0. The Hall–Kier alpha value is -1.65. The van der Waals surface area contributed by atoms with Gasteiger partial charge in [0.25, 0.3) is 0 Å². The van der Waals surface area contributed by atoms with Crippen LogP contribution in [0.4, 0.5) is 0 Å². The lowest BCUT2D eigenvalue weighted by Crippen LogP contribution is -2.68. The van der Waals surface area contributed by atoms with E-state index in [0.29, 0.717) is 18.6 Å². The van der Waals surface area contributed by atoms with E-state index in [2.05, 4.69) is 47.6 Å². The van der Waals surface area contributed by atoms with Crippen LogP contribution in [-0.4, -0.2) is 22.8 Å². The Labute approximate surface area is 223 Å². The second-order valence-electron chi connectivity index (χ2n) is 15.6. The van der Waals surface area contributed by atoms with Crippen molar-refractivity contribution < 1.29 is 24.2 Å². The Morgan fingerprint density at radius 3 is 2.19 bits per heavy atom. The van der Waals surface area contributed by atoms with Crippen molar-refractivity contribution in [1.82, 2.24) is 0 Å². The van der Waals surface area contributed by atoms with Gasteiger partial charge in [-0.25, -0.2) is 0 Å². The van der Waals surface area contributed by atoms with Gasteiger partial charge in [-0.05, 0) is 104 Å². The van der Waals surface area contributed by atoms with Crippen LogP contribution in [0.1, 0.15) is 113 Å². The lowest BCUT2D eigenvalue weighted by molar-refractivity contribution is -0.229. The number of hydrogen-bond acceptors (Lipinski definition) is 4. The fraction of sp³-hybridized carbons (Fsp3) is 0.844. The summed E-state index contributed by atoms with van der Waals surface area (Å²) in [5.74, 6) is 0.939. The molecule has 1 N–H and O–H groups in total. The van der Waals surface area contributed by atoms with Gasteiger partial charge < -0.3 is 9.84 Å². The highest BCUT2D eigenvalue weighted by molar-refractivity contribution is 5.85. The van der Waals surface area contributed by atoms with Crippen molar-refractivity contribution in [1.29, 1.82) is 0 Å². The predicted molar refractivity (Wildman–Crippen MR) is 142 cm³/mol. The molecule has 9 atom stereocenters. The summed E-state index contributed by atoms with van der Waals surface area (Å²) in [5.41, 5.74) is -1.19. The van der Waals surface area contributed by atoms with Gasteiger partial charge in [-0.3, -0.25) is 14.4 Å².